The quantitative estimate of drug-likeness (QED) is 0.799. The van der Waals surface area contributed by atoms with Crippen LogP contribution in [0, 0.1) is 0 Å². The molecule has 0 unspecified atom stereocenters. The van der Waals surface area contributed by atoms with E-state index >= 15 is 0 Å². The van der Waals surface area contributed by atoms with E-state index in [-0.39, 0.29) is 24.7 Å². The van der Waals surface area contributed by atoms with Crippen molar-refractivity contribution < 1.29 is 23.9 Å². The van der Waals surface area contributed by atoms with Crippen LogP contribution in [-0.4, -0.2) is 47.9 Å². The number of fused-ring (bicyclic) bond motifs is 3. The van der Waals surface area contributed by atoms with Crippen LogP contribution < -0.4 is 10.2 Å². The molecule has 2 heterocycles. The van der Waals surface area contributed by atoms with Crippen molar-refractivity contribution in [1.29, 1.82) is 0 Å². The Hall–Kier alpha value is -3.68. The van der Waals surface area contributed by atoms with Crippen LogP contribution in [0.2, 0.25) is 0 Å². The summed E-state index contributed by atoms with van der Waals surface area (Å²) in [4.78, 5) is 53.3. The normalized spacial score (nSPS) is 20.2. The highest BCUT2D eigenvalue weighted by atomic mass is 16.5. The topological polar surface area (TPSA) is 96.0 Å². The fourth-order valence-corrected chi connectivity index (χ4v) is 3.86. The Balaban J connectivity index is 1.57. The van der Waals surface area contributed by atoms with Crippen molar-refractivity contribution in [2.75, 3.05) is 23.9 Å². The third kappa shape index (κ3) is 2.93. The molecule has 0 bridgehead atoms. The summed E-state index contributed by atoms with van der Waals surface area (Å²) in [5, 5.41) is 2.62. The number of hydrogen-bond donors (Lipinski definition) is 1. The number of para-hydroxylation sites is 2. The minimum atomic E-state index is -1.59. The van der Waals surface area contributed by atoms with Crippen molar-refractivity contribution in [3.63, 3.8) is 0 Å². The number of amides is 3. The molecular weight excluding hydrogens is 374 g/mol. The summed E-state index contributed by atoms with van der Waals surface area (Å²) in [6, 6.07) is 15.4. The number of nitrogens with one attached hydrogen (secondary N) is 1. The summed E-state index contributed by atoms with van der Waals surface area (Å²) >= 11 is 0. The second-order valence-electron chi connectivity index (χ2n) is 6.92. The molecule has 3 amide bonds. The van der Waals surface area contributed by atoms with Crippen molar-refractivity contribution in [1.82, 2.24) is 4.90 Å². The van der Waals surface area contributed by atoms with Gasteiger partial charge in [0.05, 0.1) is 11.3 Å². The molecule has 2 aromatic rings. The van der Waals surface area contributed by atoms with E-state index in [2.05, 4.69) is 5.32 Å². The molecule has 4 rings (SSSR count). The minimum Gasteiger partial charge on any atom is -0.452 e. The summed E-state index contributed by atoms with van der Waals surface area (Å²) < 4.78 is 5.26. The van der Waals surface area contributed by atoms with Crippen LogP contribution in [0.3, 0.4) is 0 Å². The molecule has 2 aliphatic rings. The van der Waals surface area contributed by atoms with E-state index in [9.17, 15) is 19.2 Å². The number of rotatable bonds is 4. The number of nitrogens with zero attached hydrogens (tertiary/aromatic N) is 2. The van der Waals surface area contributed by atoms with Crippen molar-refractivity contribution in [2.24, 2.45) is 0 Å². The number of anilines is 2. The highest BCUT2D eigenvalue weighted by molar-refractivity contribution is 6.15. The van der Waals surface area contributed by atoms with Gasteiger partial charge in [-0.3, -0.25) is 19.3 Å². The van der Waals surface area contributed by atoms with Crippen LogP contribution >= 0.6 is 0 Å². The zero-order valence-electron chi connectivity index (χ0n) is 15.8. The first-order valence-electron chi connectivity index (χ1n) is 9.17. The number of likely N-dealkylation sites (N-methyl/N-ethyl adjacent to an activating group) is 1. The molecule has 0 radical (unpaired) electrons. The molecular formula is C21H19N3O5. The maximum Gasteiger partial charge on any atom is 0.354 e. The molecule has 2 aliphatic heterocycles. The molecule has 148 valence electrons. The molecule has 8 heteroatoms. The van der Waals surface area contributed by atoms with Crippen LogP contribution in [0.5, 0.6) is 0 Å². The average Bonchev–Trinajstić information content (AvgIpc) is 3.09. The second-order valence-corrected chi connectivity index (χ2v) is 6.92. The predicted molar refractivity (Wildman–Crippen MR) is 104 cm³/mol. The largest absolute Gasteiger partial charge is 0.452 e. The van der Waals surface area contributed by atoms with Crippen LogP contribution in [-0.2, 0) is 19.1 Å². The minimum absolute atomic E-state index is 0.0945. The molecule has 8 nitrogen and oxygen atoms in total. The van der Waals surface area contributed by atoms with E-state index in [4.69, 9.17) is 4.74 Å². The lowest BCUT2D eigenvalue weighted by Gasteiger charge is -2.46. The Labute approximate surface area is 167 Å². The van der Waals surface area contributed by atoms with Gasteiger partial charge < -0.3 is 15.0 Å². The van der Waals surface area contributed by atoms with Crippen molar-refractivity contribution in [3.8, 4) is 0 Å². The molecule has 1 atom stereocenters. The highest BCUT2D eigenvalue weighted by Gasteiger charge is 2.60. The second kappa shape index (κ2) is 7.05. The van der Waals surface area contributed by atoms with Crippen LogP contribution in [0.15, 0.2) is 54.6 Å². The Kier molecular flexibility index (Phi) is 4.54. The lowest BCUT2D eigenvalue weighted by atomic mass is 9.97. The van der Waals surface area contributed by atoms with Crippen LogP contribution in [0.1, 0.15) is 23.2 Å². The number of ether oxygens (including phenoxy) is 1. The van der Waals surface area contributed by atoms with Gasteiger partial charge in [-0.2, -0.15) is 0 Å². The summed E-state index contributed by atoms with van der Waals surface area (Å²) in [6.45, 7) is -0.527. The van der Waals surface area contributed by atoms with E-state index in [1.165, 1.54) is 16.8 Å². The molecule has 29 heavy (non-hydrogen) atoms. The van der Waals surface area contributed by atoms with Gasteiger partial charge in [-0.15, -0.1) is 0 Å². The number of hydrogen-bond acceptors (Lipinski definition) is 5. The van der Waals surface area contributed by atoms with Gasteiger partial charge in [-0.25, -0.2) is 4.79 Å². The third-order valence-corrected chi connectivity index (χ3v) is 5.26. The molecule has 0 aliphatic carbocycles. The SMILES string of the molecule is CN1C(=O)c2ccccc2N2C(=O)CC[C@@]12C(=O)OCC(=O)Nc1ccccc1. The van der Waals surface area contributed by atoms with E-state index in [1.54, 1.807) is 48.5 Å². The zero-order chi connectivity index (χ0) is 20.6. The van der Waals surface area contributed by atoms with E-state index in [0.717, 1.165) is 0 Å². The molecule has 0 spiro atoms. The van der Waals surface area contributed by atoms with Gasteiger partial charge in [0, 0.05) is 25.6 Å². The van der Waals surface area contributed by atoms with E-state index < -0.39 is 24.1 Å². The lowest BCUT2D eigenvalue weighted by Crippen LogP contribution is -2.67. The number of esters is 1. The number of carbonyl (C=O) groups excluding carboxylic acids is 4. The monoisotopic (exact) mass is 393 g/mol. The Bertz CT molecular complexity index is 1010. The maximum atomic E-state index is 13.1. The number of carbonyl (C=O) groups is 4. The molecule has 2 aromatic carbocycles. The van der Waals surface area contributed by atoms with Gasteiger partial charge in [0.1, 0.15) is 0 Å². The maximum absolute atomic E-state index is 13.1. The van der Waals surface area contributed by atoms with Crippen molar-refractivity contribution in [3.05, 3.63) is 60.2 Å². The Morgan fingerprint density at radius 1 is 1.07 bits per heavy atom. The van der Waals surface area contributed by atoms with Crippen LogP contribution in [0.25, 0.3) is 0 Å². The first-order chi connectivity index (χ1) is 13.9. The Morgan fingerprint density at radius 2 is 1.76 bits per heavy atom. The molecule has 1 fully saturated rings. The van der Waals surface area contributed by atoms with Gasteiger partial charge in [-0.1, -0.05) is 30.3 Å². The highest BCUT2D eigenvalue weighted by Crippen LogP contribution is 2.44. The van der Waals surface area contributed by atoms with Crippen molar-refractivity contribution in [2.45, 2.75) is 18.5 Å². The first-order valence-corrected chi connectivity index (χ1v) is 9.17. The fraction of sp³-hybridized carbons (Fsp3) is 0.238. The predicted octanol–water partition coefficient (Wildman–Crippen LogP) is 1.78. The van der Waals surface area contributed by atoms with Crippen LogP contribution in [0.4, 0.5) is 11.4 Å². The summed E-state index contributed by atoms with van der Waals surface area (Å²) in [6.07, 6.45) is 0.193. The summed E-state index contributed by atoms with van der Waals surface area (Å²) in [7, 11) is 1.47. The summed E-state index contributed by atoms with van der Waals surface area (Å²) in [5.41, 5.74) is -0.294. The standard InChI is InChI=1S/C21H19N3O5/c1-23-19(27)15-9-5-6-10-16(15)24-18(26)11-12-21(23,24)20(28)29-13-17(25)22-14-7-3-2-4-8-14/h2-10H,11-13H2,1H3,(H,22,25)/t21-/m1/s1. The fourth-order valence-electron chi connectivity index (χ4n) is 3.86. The third-order valence-electron chi connectivity index (χ3n) is 5.26. The van der Waals surface area contributed by atoms with Gasteiger partial charge in [0.2, 0.25) is 11.6 Å². The molecule has 0 aromatic heterocycles. The molecule has 1 N–H and O–H groups in total. The van der Waals surface area contributed by atoms with Gasteiger partial charge in [0.15, 0.2) is 6.61 Å². The molecule has 0 saturated carbocycles. The summed E-state index contributed by atoms with van der Waals surface area (Å²) in [5.74, 6) is -1.97. The zero-order valence-corrected chi connectivity index (χ0v) is 15.8. The first kappa shape index (κ1) is 18.7. The average molecular weight is 393 g/mol. The van der Waals surface area contributed by atoms with E-state index in [1.807, 2.05) is 6.07 Å². The molecule has 1 saturated heterocycles. The lowest BCUT2D eigenvalue weighted by molar-refractivity contribution is -0.158. The van der Waals surface area contributed by atoms with Gasteiger partial charge in [-0.05, 0) is 24.3 Å². The van der Waals surface area contributed by atoms with Gasteiger partial charge in [0.25, 0.3) is 11.8 Å². The smallest absolute Gasteiger partial charge is 0.354 e. The van der Waals surface area contributed by atoms with Crippen molar-refractivity contribution >= 4 is 35.1 Å². The number of benzene rings is 2. The Morgan fingerprint density at radius 3 is 2.52 bits per heavy atom. The van der Waals surface area contributed by atoms with E-state index in [0.29, 0.717) is 16.9 Å². The van der Waals surface area contributed by atoms with Gasteiger partial charge >= 0.3 is 5.97 Å².